The average Bonchev–Trinajstić information content (AvgIpc) is 2.65. The SMILES string of the molecule is Cc1cccc(NC(=O)CSc2nc(=O)n(CCCO)c3c2CCCC3)c1. The molecule has 2 N–H and O–H groups in total. The number of thioether (sulfide) groups is 1. The van der Waals surface area contributed by atoms with Crippen LogP contribution in [0.1, 0.15) is 36.1 Å². The molecule has 1 aromatic carbocycles. The van der Waals surface area contributed by atoms with E-state index in [2.05, 4.69) is 10.3 Å². The van der Waals surface area contributed by atoms with Crippen LogP contribution in [0.5, 0.6) is 0 Å². The number of aliphatic hydroxyl groups is 1. The Morgan fingerprint density at radius 3 is 2.93 bits per heavy atom. The average molecular weight is 388 g/mol. The van der Waals surface area contributed by atoms with Gasteiger partial charge in [-0.25, -0.2) is 4.79 Å². The number of rotatable bonds is 7. The third-order valence-electron chi connectivity index (χ3n) is 4.63. The van der Waals surface area contributed by atoms with Gasteiger partial charge in [0.05, 0.1) is 5.75 Å². The second-order valence-electron chi connectivity index (χ2n) is 6.77. The molecule has 1 aliphatic carbocycles. The molecule has 2 aromatic rings. The van der Waals surface area contributed by atoms with Gasteiger partial charge in [-0.1, -0.05) is 23.9 Å². The summed E-state index contributed by atoms with van der Waals surface area (Å²) in [5, 5.41) is 12.6. The van der Waals surface area contributed by atoms with Crippen molar-refractivity contribution >= 4 is 23.4 Å². The lowest BCUT2D eigenvalue weighted by atomic mass is 9.97. The van der Waals surface area contributed by atoms with Gasteiger partial charge in [0.1, 0.15) is 5.03 Å². The minimum atomic E-state index is -0.286. The van der Waals surface area contributed by atoms with Crippen molar-refractivity contribution in [3.05, 3.63) is 51.6 Å². The predicted octanol–water partition coefficient (Wildman–Crippen LogP) is 2.54. The Hall–Kier alpha value is -2.12. The van der Waals surface area contributed by atoms with Crippen LogP contribution < -0.4 is 11.0 Å². The van der Waals surface area contributed by atoms with E-state index in [-0.39, 0.29) is 24.0 Å². The van der Waals surface area contributed by atoms with E-state index in [4.69, 9.17) is 5.11 Å². The largest absolute Gasteiger partial charge is 0.396 e. The molecule has 27 heavy (non-hydrogen) atoms. The topological polar surface area (TPSA) is 84.2 Å². The van der Waals surface area contributed by atoms with Crippen LogP contribution in [0.25, 0.3) is 0 Å². The number of nitrogens with one attached hydrogen (secondary N) is 1. The zero-order valence-electron chi connectivity index (χ0n) is 15.5. The number of hydrogen-bond acceptors (Lipinski definition) is 5. The van der Waals surface area contributed by atoms with Crippen molar-refractivity contribution in [2.75, 3.05) is 17.7 Å². The molecule has 0 fully saturated rings. The van der Waals surface area contributed by atoms with Crippen molar-refractivity contribution in [3.63, 3.8) is 0 Å². The highest BCUT2D eigenvalue weighted by molar-refractivity contribution is 8.00. The van der Waals surface area contributed by atoms with Gasteiger partial charge in [-0.3, -0.25) is 9.36 Å². The molecule has 1 heterocycles. The molecule has 0 unspecified atom stereocenters. The second-order valence-corrected chi connectivity index (χ2v) is 7.73. The van der Waals surface area contributed by atoms with Crippen LogP contribution in [0.4, 0.5) is 5.69 Å². The Bertz CT molecular complexity index is 879. The smallest absolute Gasteiger partial charge is 0.348 e. The molecule has 1 aromatic heterocycles. The zero-order valence-corrected chi connectivity index (χ0v) is 16.3. The molecule has 1 aliphatic rings. The first kappa shape index (κ1) is 19.6. The summed E-state index contributed by atoms with van der Waals surface area (Å²) in [6.07, 6.45) is 4.38. The van der Waals surface area contributed by atoms with Gasteiger partial charge >= 0.3 is 5.69 Å². The molecular weight excluding hydrogens is 362 g/mol. The number of fused-ring (bicyclic) bond motifs is 1. The number of aliphatic hydroxyl groups excluding tert-OH is 1. The minimum absolute atomic E-state index is 0.0524. The van der Waals surface area contributed by atoms with Crippen molar-refractivity contribution in [2.24, 2.45) is 0 Å². The third kappa shape index (κ3) is 4.99. The fraction of sp³-hybridized carbons (Fsp3) is 0.450. The van der Waals surface area contributed by atoms with E-state index in [9.17, 15) is 9.59 Å². The van der Waals surface area contributed by atoms with E-state index < -0.39 is 0 Å². The molecule has 0 bridgehead atoms. The van der Waals surface area contributed by atoms with E-state index >= 15 is 0 Å². The van der Waals surface area contributed by atoms with E-state index in [0.717, 1.165) is 48.2 Å². The van der Waals surface area contributed by atoms with Crippen molar-refractivity contribution in [2.45, 2.75) is 50.6 Å². The van der Waals surface area contributed by atoms with Gasteiger partial charge in [-0.05, 0) is 56.7 Å². The Kier molecular flexibility index (Phi) is 6.68. The van der Waals surface area contributed by atoms with E-state index in [1.54, 1.807) is 4.57 Å². The molecule has 6 nitrogen and oxygen atoms in total. The fourth-order valence-electron chi connectivity index (χ4n) is 3.38. The lowest BCUT2D eigenvalue weighted by Crippen LogP contribution is -2.30. The van der Waals surface area contributed by atoms with Crippen LogP contribution in [0.2, 0.25) is 0 Å². The summed E-state index contributed by atoms with van der Waals surface area (Å²) in [7, 11) is 0. The summed E-state index contributed by atoms with van der Waals surface area (Å²) < 4.78 is 1.70. The van der Waals surface area contributed by atoms with Crippen LogP contribution in [0.15, 0.2) is 34.1 Å². The van der Waals surface area contributed by atoms with E-state index in [1.807, 2.05) is 31.2 Å². The number of hydrogen-bond donors (Lipinski definition) is 2. The Labute approximate surface area is 163 Å². The molecule has 0 saturated carbocycles. The molecule has 144 valence electrons. The molecule has 1 amide bonds. The minimum Gasteiger partial charge on any atom is -0.396 e. The summed E-state index contributed by atoms with van der Waals surface area (Å²) in [4.78, 5) is 29.0. The van der Waals surface area contributed by atoms with Crippen molar-refractivity contribution in [3.8, 4) is 0 Å². The van der Waals surface area contributed by atoms with Gasteiger partial charge < -0.3 is 10.4 Å². The first-order valence-electron chi connectivity index (χ1n) is 9.31. The lowest BCUT2D eigenvalue weighted by molar-refractivity contribution is -0.113. The van der Waals surface area contributed by atoms with Crippen LogP contribution in [0, 0.1) is 6.92 Å². The summed E-state index contributed by atoms with van der Waals surface area (Å²) in [6.45, 7) is 2.52. The summed E-state index contributed by atoms with van der Waals surface area (Å²) in [6, 6.07) is 7.66. The first-order valence-corrected chi connectivity index (χ1v) is 10.3. The highest BCUT2D eigenvalue weighted by Crippen LogP contribution is 2.28. The van der Waals surface area contributed by atoms with E-state index in [0.29, 0.717) is 18.0 Å². The van der Waals surface area contributed by atoms with Crippen molar-refractivity contribution in [1.82, 2.24) is 9.55 Å². The number of amides is 1. The second kappa shape index (κ2) is 9.19. The van der Waals surface area contributed by atoms with Crippen molar-refractivity contribution < 1.29 is 9.90 Å². The standard InChI is InChI=1S/C20H25N3O3S/c1-14-6-4-7-15(12-14)21-18(25)13-27-19-16-8-2-3-9-17(16)23(10-5-11-24)20(26)22-19/h4,6-7,12,24H,2-3,5,8-11,13H2,1H3,(H,21,25). The lowest BCUT2D eigenvalue weighted by Gasteiger charge is -2.22. The highest BCUT2D eigenvalue weighted by atomic mass is 32.2. The van der Waals surface area contributed by atoms with Crippen LogP contribution in [-0.2, 0) is 24.2 Å². The zero-order chi connectivity index (χ0) is 19.2. The number of anilines is 1. The van der Waals surface area contributed by atoms with Crippen LogP contribution in [-0.4, -0.2) is 32.9 Å². The fourth-order valence-corrected chi connectivity index (χ4v) is 4.26. The Balaban J connectivity index is 1.74. The third-order valence-corrected chi connectivity index (χ3v) is 5.65. The van der Waals surface area contributed by atoms with Gasteiger partial charge in [-0.2, -0.15) is 4.98 Å². The molecule has 0 radical (unpaired) electrons. The number of carbonyl (C=O) groups excluding carboxylic acids is 1. The quantitative estimate of drug-likeness (QED) is 0.563. The van der Waals surface area contributed by atoms with Gasteiger partial charge in [0.25, 0.3) is 0 Å². The summed E-state index contributed by atoms with van der Waals surface area (Å²) in [5.41, 5.74) is 3.69. The molecule has 0 spiro atoms. The van der Waals surface area contributed by atoms with Gasteiger partial charge in [0.2, 0.25) is 5.91 Å². The first-order chi connectivity index (χ1) is 13.1. The van der Waals surface area contributed by atoms with E-state index in [1.165, 1.54) is 11.8 Å². The molecule has 3 rings (SSSR count). The number of benzene rings is 1. The van der Waals surface area contributed by atoms with Crippen LogP contribution in [0.3, 0.4) is 0 Å². The monoisotopic (exact) mass is 387 g/mol. The normalized spacial score (nSPS) is 13.3. The Morgan fingerprint density at radius 2 is 2.15 bits per heavy atom. The Morgan fingerprint density at radius 1 is 1.33 bits per heavy atom. The number of carbonyl (C=O) groups is 1. The maximum absolute atomic E-state index is 12.4. The predicted molar refractivity (Wildman–Crippen MR) is 107 cm³/mol. The van der Waals surface area contributed by atoms with Gasteiger partial charge in [-0.15, -0.1) is 0 Å². The van der Waals surface area contributed by atoms with Gasteiger partial charge in [0.15, 0.2) is 0 Å². The maximum atomic E-state index is 12.4. The number of aryl methyl sites for hydroxylation is 1. The van der Waals surface area contributed by atoms with Crippen molar-refractivity contribution in [1.29, 1.82) is 0 Å². The summed E-state index contributed by atoms with van der Waals surface area (Å²) >= 11 is 1.33. The maximum Gasteiger partial charge on any atom is 0.348 e. The molecule has 0 saturated heterocycles. The van der Waals surface area contributed by atoms with Gasteiger partial charge in [0, 0.05) is 30.1 Å². The molecule has 7 heteroatoms. The molecular formula is C20H25N3O3S. The number of nitrogens with zero attached hydrogens (tertiary/aromatic N) is 2. The highest BCUT2D eigenvalue weighted by Gasteiger charge is 2.21. The molecule has 0 aliphatic heterocycles. The van der Waals surface area contributed by atoms with Crippen LogP contribution >= 0.6 is 11.8 Å². The number of aromatic nitrogens is 2. The molecule has 0 atom stereocenters. The summed E-state index contributed by atoms with van der Waals surface area (Å²) in [5.74, 6) is 0.106.